The molecule has 0 unspecified atom stereocenters. The predicted octanol–water partition coefficient (Wildman–Crippen LogP) is 2.45. The summed E-state index contributed by atoms with van der Waals surface area (Å²) >= 11 is 0. The van der Waals surface area contributed by atoms with Gasteiger partial charge in [-0.3, -0.25) is 9.78 Å². The number of hydrogen-bond donors (Lipinski definition) is 3. The van der Waals surface area contributed by atoms with Crippen LogP contribution in [0, 0.1) is 5.92 Å². The van der Waals surface area contributed by atoms with E-state index in [4.69, 9.17) is 0 Å². The third kappa shape index (κ3) is 9.04. The van der Waals surface area contributed by atoms with Crippen molar-refractivity contribution in [3.05, 3.63) is 30.1 Å². The van der Waals surface area contributed by atoms with Gasteiger partial charge in [-0.25, -0.2) is 4.99 Å². The van der Waals surface area contributed by atoms with Crippen molar-refractivity contribution >= 4 is 35.8 Å². The molecule has 1 aliphatic carbocycles. The fourth-order valence-corrected chi connectivity index (χ4v) is 2.93. The molecule has 0 atom stereocenters. The number of carbonyl (C=O) groups excluding carboxylic acids is 1. The standard InChI is InChI=1S/C18H29N5O.HI/c1-2-19-18(23-14-16-9-5-6-10-20-16)22-12-11-21-17(24)13-15-7-3-4-8-15;/h5-6,9-10,15H,2-4,7-8,11-14H2,1H3,(H,21,24)(H2,19,22,23);1H. The molecule has 7 heteroatoms. The Kier molecular flexibility index (Phi) is 11.2. The van der Waals surface area contributed by atoms with Gasteiger partial charge in [0.15, 0.2) is 5.96 Å². The molecule has 2 rings (SSSR count). The molecule has 140 valence electrons. The second-order valence-corrected chi connectivity index (χ2v) is 6.15. The fourth-order valence-electron chi connectivity index (χ4n) is 2.93. The Balaban J connectivity index is 0.00000312. The van der Waals surface area contributed by atoms with E-state index < -0.39 is 0 Å². The van der Waals surface area contributed by atoms with Crippen LogP contribution in [0.15, 0.2) is 29.4 Å². The highest BCUT2D eigenvalue weighted by Gasteiger charge is 2.17. The first-order chi connectivity index (χ1) is 11.8. The van der Waals surface area contributed by atoms with Crippen molar-refractivity contribution in [2.75, 3.05) is 19.6 Å². The van der Waals surface area contributed by atoms with Crippen LogP contribution >= 0.6 is 24.0 Å². The molecule has 25 heavy (non-hydrogen) atoms. The number of amides is 1. The molecule has 0 bridgehead atoms. The number of guanidine groups is 1. The normalized spacial score (nSPS) is 14.7. The van der Waals surface area contributed by atoms with Crippen LogP contribution in [0.2, 0.25) is 0 Å². The second kappa shape index (κ2) is 12.9. The summed E-state index contributed by atoms with van der Waals surface area (Å²) < 4.78 is 0. The number of nitrogens with zero attached hydrogens (tertiary/aromatic N) is 2. The van der Waals surface area contributed by atoms with Gasteiger partial charge < -0.3 is 16.0 Å². The molecule has 0 aromatic carbocycles. The Morgan fingerprint density at radius 1 is 1.20 bits per heavy atom. The lowest BCUT2D eigenvalue weighted by Gasteiger charge is -2.13. The van der Waals surface area contributed by atoms with Crippen LogP contribution in [-0.2, 0) is 11.3 Å². The minimum Gasteiger partial charge on any atom is -0.357 e. The lowest BCUT2D eigenvalue weighted by molar-refractivity contribution is -0.121. The Hall–Kier alpha value is -1.38. The van der Waals surface area contributed by atoms with Gasteiger partial charge in [-0.2, -0.15) is 0 Å². The van der Waals surface area contributed by atoms with E-state index in [1.165, 1.54) is 25.7 Å². The lowest BCUT2D eigenvalue weighted by atomic mass is 10.0. The highest BCUT2D eigenvalue weighted by molar-refractivity contribution is 14.0. The Morgan fingerprint density at radius 2 is 1.96 bits per heavy atom. The predicted molar refractivity (Wildman–Crippen MR) is 112 cm³/mol. The van der Waals surface area contributed by atoms with Gasteiger partial charge in [-0.05, 0) is 37.8 Å². The molecule has 0 radical (unpaired) electrons. The number of nitrogens with one attached hydrogen (secondary N) is 3. The number of aliphatic imine (C=N–C) groups is 1. The van der Waals surface area contributed by atoms with Crippen molar-refractivity contribution in [2.45, 2.75) is 45.6 Å². The highest BCUT2D eigenvalue weighted by atomic mass is 127. The molecule has 0 spiro atoms. The van der Waals surface area contributed by atoms with E-state index >= 15 is 0 Å². The minimum absolute atomic E-state index is 0. The quantitative estimate of drug-likeness (QED) is 0.242. The molecule has 1 saturated carbocycles. The first kappa shape index (κ1) is 21.7. The van der Waals surface area contributed by atoms with Crippen molar-refractivity contribution in [1.82, 2.24) is 20.9 Å². The molecule has 1 aromatic rings. The maximum atomic E-state index is 11.9. The van der Waals surface area contributed by atoms with Crippen molar-refractivity contribution in [3.63, 3.8) is 0 Å². The number of carbonyl (C=O) groups is 1. The molecule has 0 saturated heterocycles. The third-order valence-electron chi connectivity index (χ3n) is 4.16. The zero-order chi connectivity index (χ0) is 17.0. The van der Waals surface area contributed by atoms with Crippen LogP contribution in [0.25, 0.3) is 0 Å². The molecule has 1 amide bonds. The molecule has 3 N–H and O–H groups in total. The van der Waals surface area contributed by atoms with Gasteiger partial charge in [0.1, 0.15) is 0 Å². The lowest BCUT2D eigenvalue weighted by Crippen LogP contribution is -2.41. The average Bonchev–Trinajstić information content (AvgIpc) is 3.10. The van der Waals surface area contributed by atoms with Crippen LogP contribution in [0.5, 0.6) is 0 Å². The summed E-state index contributed by atoms with van der Waals surface area (Å²) in [6.07, 6.45) is 7.41. The number of hydrogen-bond acceptors (Lipinski definition) is 3. The van der Waals surface area contributed by atoms with E-state index in [0.717, 1.165) is 18.2 Å². The molecular weight excluding hydrogens is 429 g/mol. The summed E-state index contributed by atoms with van der Waals surface area (Å²) in [5, 5.41) is 9.42. The summed E-state index contributed by atoms with van der Waals surface area (Å²) in [7, 11) is 0. The fraction of sp³-hybridized carbons (Fsp3) is 0.611. The average molecular weight is 459 g/mol. The van der Waals surface area contributed by atoms with Crippen LogP contribution in [0.4, 0.5) is 0 Å². The summed E-state index contributed by atoms with van der Waals surface area (Å²) in [4.78, 5) is 20.6. The van der Waals surface area contributed by atoms with Gasteiger partial charge in [0.25, 0.3) is 0 Å². The van der Waals surface area contributed by atoms with E-state index in [2.05, 4.69) is 25.9 Å². The summed E-state index contributed by atoms with van der Waals surface area (Å²) in [6, 6.07) is 5.80. The van der Waals surface area contributed by atoms with Crippen LogP contribution < -0.4 is 16.0 Å². The van der Waals surface area contributed by atoms with E-state index in [9.17, 15) is 4.79 Å². The summed E-state index contributed by atoms with van der Waals surface area (Å²) in [6.45, 7) is 4.62. The van der Waals surface area contributed by atoms with Crippen molar-refractivity contribution < 1.29 is 4.79 Å². The molecule has 0 aliphatic heterocycles. The van der Waals surface area contributed by atoms with Crippen molar-refractivity contribution in [2.24, 2.45) is 10.9 Å². The maximum Gasteiger partial charge on any atom is 0.220 e. The van der Waals surface area contributed by atoms with Crippen molar-refractivity contribution in [3.8, 4) is 0 Å². The van der Waals surface area contributed by atoms with Gasteiger partial charge in [0.2, 0.25) is 5.91 Å². The monoisotopic (exact) mass is 459 g/mol. The van der Waals surface area contributed by atoms with E-state index in [0.29, 0.717) is 32.0 Å². The highest BCUT2D eigenvalue weighted by Crippen LogP contribution is 2.27. The number of aromatic nitrogens is 1. The topological polar surface area (TPSA) is 78.4 Å². The number of rotatable bonds is 8. The number of pyridine rings is 1. The molecule has 1 aromatic heterocycles. The smallest absolute Gasteiger partial charge is 0.220 e. The van der Waals surface area contributed by atoms with Gasteiger partial charge in [0, 0.05) is 32.3 Å². The zero-order valence-corrected chi connectivity index (χ0v) is 17.3. The van der Waals surface area contributed by atoms with Crippen LogP contribution in [0.1, 0.15) is 44.7 Å². The molecule has 1 heterocycles. The molecular formula is C18H30IN5O. The maximum absolute atomic E-state index is 11.9. The zero-order valence-electron chi connectivity index (χ0n) is 15.0. The Bertz CT molecular complexity index is 517. The van der Waals surface area contributed by atoms with E-state index in [1.54, 1.807) is 6.20 Å². The summed E-state index contributed by atoms with van der Waals surface area (Å²) in [5.41, 5.74) is 0.930. The Labute approximate surface area is 167 Å². The summed E-state index contributed by atoms with van der Waals surface area (Å²) in [5.74, 6) is 1.50. The van der Waals surface area contributed by atoms with Crippen molar-refractivity contribution in [1.29, 1.82) is 0 Å². The Morgan fingerprint density at radius 3 is 2.64 bits per heavy atom. The van der Waals surface area contributed by atoms with Gasteiger partial charge in [-0.15, -0.1) is 24.0 Å². The molecule has 6 nitrogen and oxygen atoms in total. The SMILES string of the molecule is CCNC(=NCc1ccccn1)NCCNC(=O)CC1CCCC1.I. The van der Waals surface area contributed by atoms with Gasteiger partial charge >= 0.3 is 0 Å². The largest absolute Gasteiger partial charge is 0.357 e. The first-order valence-electron chi connectivity index (χ1n) is 8.96. The van der Waals surface area contributed by atoms with E-state index in [-0.39, 0.29) is 29.9 Å². The van der Waals surface area contributed by atoms with Crippen LogP contribution in [-0.4, -0.2) is 36.5 Å². The minimum atomic E-state index is 0. The third-order valence-corrected chi connectivity index (χ3v) is 4.16. The first-order valence-corrected chi connectivity index (χ1v) is 8.96. The molecule has 1 fully saturated rings. The number of halogens is 1. The molecule has 1 aliphatic rings. The van der Waals surface area contributed by atoms with Crippen LogP contribution in [0.3, 0.4) is 0 Å². The second-order valence-electron chi connectivity index (χ2n) is 6.15. The van der Waals surface area contributed by atoms with E-state index in [1.807, 2.05) is 25.1 Å². The van der Waals surface area contributed by atoms with Gasteiger partial charge in [0.05, 0.1) is 12.2 Å². The van der Waals surface area contributed by atoms with Gasteiger partial charge in [-0.1, -0.05) is 18.9 Å².